The van der Waals surface area contributed by atoms with Gasteiger partial charge in [-0.05, 0) is 371 Å². The van der Waals surface area contributed by atoms with Crippen LogP contribution in [0.15, 0.2) is 0 Å². The maximum atomic E-state index is 6.36. The lowest BCUT2D eigenvalue weighted by atomic mass is 9.25. The average Bonchev–Trinajstić information content (AvgIpc) is 0.821. The zero-order valence-corrected chi connectivity index (χ0v) is 99.1. The Kier molecular flexibility index (Phi) is 28.3. The van der Waals surface area contributed by atoms with E-state index < -0.39 is 0 Å². The highest BCUT2D eigenvalue weighted by atomic mass is 16.5. The molecule has 24 fully saturated rings. The molecule has 10 saturated heterocycles. The van der Waals surface area contributed by atoms with Crippen LogP contribution in [-0.4, -0.2) is 83.6 Å². The van der Waals surface area contributed by atoms with Crippen LogP contribution in [0.25, 0.3) is 0 Å². The summed E-state index contributed by atoms with van der Waals surface area (Å²) in [7, 11) is 0. The van der Waals surface area contributed by atoms with Crippen molar-refractivity contribution in [3.05, 3.63) is 0 Å². The van der Waals surface area contributed by atoms with Crippen molar-refractivity contribution in [3.8, 4) is 0 Å². The van der Waals surface area contributed by atoms with Crippen LogP contribution >= 0.6 is 0 Å². The summed E-state index contributed by atoms with van der Waals surface area (Å²) in [6.07, 6.45) is 40.1. The third-order valence-electron chi connectivity index (χ3n) is 47.4. The van der Waals surface area contributed by atoms with E-state index in [1.807, 2.05) is 0 Å². The van der Waals surface area contributed by atoms with E-state index in [9.17, 15) is 0 Å². The normalized spacial score (nSPS) is 41.4. The molecule has 0 spiro atoms. The summed E-state index contributed by atoms with van der Waals surface area (Å²) in [6.45, 7) is 137. The van der Waals surface area contributed by atoms with Crippen LogP contribution in [0.2, 0.25) is 0 Å². The minimum absolute atomic E-state index is 0.167. The Bertz CT molecular complexity index is 3450. The average molecular weight is 1810 g/mol. The molecule has 5 heteroatoms. The summed E-state index contributed by atoms with van der Waals surface area (Å²) in [5, 5.41) is 3.79. The molecule has 5 nitrogen and oxygen atoms in total. The van der Waals surface area contributed by atoms with E-state index in [1.165, 1.54) is 206 Å². The van der Waals surface area contributed by atoms with Crippen molar-refractivity contribution in [1.29, 1.82) is 0 Å². The summed E-state index contributed by atoms with van der Waals surface area (Å²) in [5.41, 5.74) is 16.6. The molecular weight excluding hydrogens is 1580 g/mol. The minimum atomic E-state index is 0.167. The molecule has 0 aromatic rings. The Hall–Kier alpha value is -0.200. The van der Waals surface area contributed by atoms with Gasteiger partial charge in [-0.3, -0.25) is 9.80 Å². The second kappa shape index (κ2) is 32.9. The number of nitrogens with one attached hydrogen (secondary N) is 1. The van der Waals surface area contributed by atoms with Gasteiger partial charge in [-0.2, -0.15) is 0 Å². The summed E-state index contributed by atoms with van der Waals surface area (Å²) < 4.78 is 12.5. The van der Waals surface area contributed by atoms with E-state index in [1.54, 1.807) is 0 Å². The van der Waals surface area contributed by atoms with Crippen molar-refractivity contribution < 1.29 is 9.47 Å². The van der Waals surface area contributed by atoms with Crippen molar-refractivity contribution in [3.63, 3.8) is 0 Å². The number of hydrogen-bond donors (Lipinski definition) is 1. The van der Waals surface area contributed by atoms with Crippen LogP contribution in [-0.2, 0) is 9.47 Å². The molecule has 14 aliphatic carbocycles. The Morgan fingerprint density at radius 3 is 0.815 bits per heavy atom. The lowest BCUT2D eigenvalue weighted by Crippen LogP contribution is -2.71. The molecule has 24 aliphatic rings. The number of hydrogen-bond acceptors (Lipinski definition) is 5. The van der Waals surface area contributed by atoms with Gasteiger partial charge in [-0.25, -0.2) is 0 Å². The summed E-state index contributed by atoms with van der Waals surface area (Å²) in [6, 6.07) is 1.69. The molecule has 24 rings (SSSR count). The fourth-order valence-electron chi connectivity index (χ4n) is 33.0. The molecule has 6 unspecified atom stereocenters. The molecule has 1 N–H and O–H groups in total. The van der Waals surface area contributed by atoms with Crippen molar-refractivity contribution >= 4 is 0 Å². The van der Waals surface area contributed by atoms with Crippen molar-refractivity contribution in [2.24, 2.45) is 169 Å². The predicted octanol–water partition coefficient (Wildman–Crippen LogP) is 36.9. The Labute approximate surface area is 815 Å². The van der Waals surface area contributed by atoms with Crippen molar-refractivity contribution in [2.75, 3.05) is 39.4 Å². The number of ether oxygens (including phenoxy) is 2. The van der Waals surface area contributed by atoms with E-state index in [0.29, 0.717) is 152 Å². The van der Waals surface area contributed by atoms with Gasteiger partial charge in [0.15, 0.2) is 0 Å². The van der Waals surface area contributed by atoms with Crippen LogP contribution in [0, 0.1) is 169 Å². The number of rotatable bonds is 0. The monoisotopic (exact) mass is 1810 g/mol. The minimum Gasteiger partial charge on any atom is -0.374 e. The molecule has 0 amide bonds. The molecule has 6 atom stereocenters. The molecule has 0 aromatic heterocycles. The third kappa shape index (κ3) is 19.0. The van der Waals surface area contributed by atoms with Crippen LogP contribution in [0.3, 0.4) is 0 Å². The van der Waals surface area contributed by atoms with Gasteiger partial charge in [0.25, 0.3) is 0 Å². The van der Waals surface area contributed by atoms with Gasteiger partial charge >= 0.3 is 0 Å². The maximum absolute atomic E-state index is 6.36. The second-order valence-electron chi connectivity index (χ2n) is 70.2. The van der Waals surface area contributed by atoms with E-state index in [2.05, 4.69) is 389 Å². The zero-order valence-electron chi connectivity index (χ0n) is 99.1. The van der Waals surface area contributed by atoms with E-state index in [4.69, 9.17) is 9.47 Å². The summed E-state index contributed by atoms with van der Waals surface area (Å²) in [4.78, 5) is 5.46. The van der Waals surface area contributed by atoms with Gasteiger partial charge in [-0.1, -0.05) is 353 Å². The Morgan fingerprint density at radius 1 is 0.254 bits per heavy atom. The maximum Gasteiger partial charge on any atom is 0.0743 e. The first-order chi connectivity index (χ1) is 57.2. The van der Waals surface area contributed by atoms with Gasteiger partial charge in [0.05, 0.1) is 24.4 Å². The van der Waals surface area contributed by atoms with Gasteiger partial charge in [0.1, 0.15) is 0 Å². The molecule has 18 bridgehead atoms. The fourth-order valence-corrected chi connectivity index (χ4v) is 33.0. The summed E-state index contributed by atoms with van der Waals surface area (Å²) in [5.74, 6) is 2.00. The molecule has 762 valence electrons. The highest BCUT2D eigenvalue weighted by Gasteiger charge is 2.76. The van der Waals surface area contributed by atoms with Gasteiger partial charge < -0.3 is 14.8 Å². The number of nitrogens with zero attached hydrogens (tertiary/aromatic N) is 2. The molecule has 14 saturated carbocycles. The van der Waals surface area contributed by atoms with Crippen LogP contribution in [0.1, 0.15) is 554 Å². The van der Waals surface area contributed by atoms with Crippen LogP contribution < -0.4 is 5.32 Å². The highest BCUT2D eigenvalue weighted by molar-refractivity contribution is 5.27. The first kappa shape index (κ1) is 112. The topological polar surface area (TPSA) is 37.0 Å². The molecule has 10 aliphatic heterocycles. The first-order valence-electron chi connectivity index (χ1n) is 55.7. The third-order valence-corrected chi connectivity index (χ3v) is 47.4. The Morgan fingerprint density at radius 2 is 0.592 bits per heavy atom. The van der Waals surface area contributed by atoms with E-state index in [-0.39, 0.29) is 16.6 Å². The highest BCUT2D eigenvalue weighted by Crippen LogP contribution is 2.84. The fraction of sp³-hybridized carbons (Fsp3) is 1.00. The lowest BCUT2D eigenvalue weighted by molar-refractivity contribution is -0.302. The Balaban J connectivity index is 0.000000152. The molecule has 10 heterocycles. The van der Waals surface area contributed by atoms with Crippen molar-refractivity contribution in [1.82, 2.24) is 15.1 Å². The SMILES string of the molecule is CC(C)(C)C12CC(C(C)(C)C)(C1)C2.CC(C)(C)C12CCC(C(C)(C)C)(C1)C2.CC(C)(C)C12CCC(C(C)(C)C)(CC1)C2.CC(C)(C)C12CCC(C(C)(C)C)(CC1)OC2.CC(C)(C)C12CNC(C(C)(C)C)(C1)C2.CC(C)(C)C12COC(C(C)(C)C)(C1)C2.CC(C)(C)C1CC2(C(C)(C)C)CCN1C2.CC(C)(C)C1CC2CCC1(C(C)(C)C)C2.CC(C)(C)N1CC2(C(C)(C)C)CC1C2. The van der Waals surface area contributed by atoms with Crippen molar-refractivity contribution in [2.45, 2.75) is 588 Å². The van der Waals surface area contributed by atoms with Crippen LogP contribution in [0.5, 0.6) is 0 Å². The number of piperidine rings is 1. The van der Waals surface area contributed by atoms with E-state index >= 15 is 0 Å². The van der Waals surface area contributed by atoms with Gasteiger partial charge in [0, 0.05) is 48.2 Å². The van der Waals surface area contributed by atoms with E-state index in [0.717, 1.165) is 48.0 Å². The first-order valence-corrected chi connectivity index (χ1v) is 55.7. The number of fused-ring (bicyclic) bond motifs is 13. The molecule has 0 aromatic carbocycles. The van der Waals surface area contributed by atoms with Gasteiger partial charge in [-0.15, -0.1) is 0 Å². The standard InChI is InChI=1S/C15H28O.2C15H28.C14H27N.C14H26.2C13H25N.C13H24O.C13H24/c1-12(2,3)14-7-9-15(10-8-14,16-11-14)13(4,5)6;1-12(2,3)14-7-9-15(11-14,10-8-14)13(4,5)6;1-13(2,3)12-9-11-7-8-15(12,10-11)14(4,5)6;1-12(2,3)11-9-14(13(4,5)6)7-8-15(11)10-14;1-11(2,3)13-7-8-14(9-13,10-13)12(4,5)6;1-11(2,3)13-7-10(8-13)14(9-13)12(4,5)6;2*1-10(2,3)12-7-13(8-12,14-9-12)11(4,5)6;1-10(2,3)12-7-13(8-12,9-12)11(4,5)6/h7-11H2,1-6H3;7-11H2,1-6H3;11-12H,7-10H2,1-6H3;11H,7-10H2,1-6H3;7-10H2,1-6H3;10H,7-9H2,1-6H3;14H,7-9H2,1-6H3;7-9H2,1-6H3;7-9H2,1-6H3. The predicted molar refractivity (Wildman–Crippen MR) is 570 cm³/mol. The molecule has 130 heavy (non-hydrogen) atoms. The molecule has 0 radical (unpaired) electrons. The quantitative estimate of drug-likeness (QED) is 0.262. The smallest absolute Gasteiger partial charge is 0.0743 e. The second-order valence-corrected chi connectivity index (χ2v) is 70.2. The largest absolute Gasteiger partial charge is 0.374 e. The lowest BCUT2D eigenvalue weighted by Gasteiger charge is -2.80. The molecular formula is C125H235N3O2. The van der Waals surface area contributed by atoms with Crippen LogP contribution in [0.4, 0.5) is 0 Å². The summed E-state index contributed by atoms with van der Waals surface area (Å²) >= 11 is 0. The van der Waals surface area contributed by atoms with Gasteiger partial charge in [0.2, 0.25) is 0 Å². The zero-order chi connectivity index (χ0) is 100.